The van der Waals surface area contributed by atoms with Gasteiger partial charge in [0.25, 0.3) is 0 Å². The maximum atomic E-state index is 11.6. The van der Waals surface area contributed by atoms with Crippen molar-refractivity contribution >= 4 is 5.91 Å². The molecule has 5 N–H and O–H groups in total. The fraction of sp³-hybridized carbons (Fsp3) is 0.417. The Balaban J connectivity index is 2.37. The highest BCUT2D eigenvalue weighted by molar-refractivity contribution is 5.82. The first-order valence-corrected chi connectivity index (χ1v) is 5.54. The molecule has 16 heavy (non-hydrogen) atoms. The maximum absolute atomic E-state index is 11.6. The van der Waals surface area contributed by atoms with Gasteiger partial charge in [0.15, 0.2) is 0 Å². The quantitative estimate of drug-likeness (QED) is 0.613. The van der Waals surface area contributed by atoms with Crippen LogP contribution >= 0.6 is 0 Å². The number of hydrogen-bond acceptors (Lipinski definition) is 3. The average molecular weight is 221 g/mol. The van der Waals surface area contributed by atoms with E-state index in [0.717, 1.165) is 18.4 Å². The van der Waals surface area contributed by atoms with Gasteiger partial charge in [-0.15, -0.1) is 0 Å². The summed E-state index contributed by atoms with van der Waals surface area (Å²) in [5, 5.41) is 2.80. The number of hydrogen-bond donors (Lipinski definition) is 3. The van der Waals surface area contributed by atoms with Gasteiger partial charge in [-0.2, -0.15) is 0 Å². The van der Waals surface area contributed by atoms with Crippen LogP contribution < -0.4 is 16.8 Å². The molecule has 0 fully saturated rings. The van der Waals surface area contributed by atoms with Gasteiger partial charge < -0.3 is 16.8 Å². The SMILES string of the molecule is NCCCCNC(=O)[C@@H](N)c1ccccc1. The molecule has 88 valence electrons. The summed E-state index contributed by atoms with van der Waals surface area (Å²) in [6, 6.07) is 8.76. The zero-order chi connectivity index (χ0) is 11.8. The second-order valence-corrected chi connectivity index (χ2v) is 3.68. The van der Waals surface area contributed by atoms with Crippen LogP contribution in [0.25, 0.3) is 0 Å². The molecular formula is C12H19N3O. The Hall–Kier alpha value is -1.39. The van der Waals surface area contributed by atoms with Gasteiger partial charge in [-0.1, -0.05) is 30.3 Å². The summed E-state index contributed by atoms with van der Waals surface area (Å²) in [5.41, 5.74) is 12.0. The second-order valence-electron chi connectivity index (χ2n) is 3.68. The van der Waals surface area contributed by atoms with E-state index in [2.05, 4.69) is 5.32 Å². The van der Waals surface area contributed by atoms with Crippen molar-refractivity contribution in [3.63, 3.8) is 0 Å². The van der Waals surface area contributed by atoms with Gasteiger partial charge in [0.05, 0.1) is 0 Å². The predicted octanol–water partition coefficient (Wildman–Crippen LogP) is 0.542. The van der Waals surface area contributed by atoms with E-state index in [1.807, 2.05) is 30.3 Å². The maximum Gasteiger partial charge on any atom is 0.241 e. The van der Waals surface area contributed by atoms with Crippen LogP contribution in [0.15, 0.2) is 30.3 Å². The highest BCUT2D eigenvalue weighted by Crippen LogP contribution is 2.08. The van der Waals surface area contributed by atoms with Crippen molar-refractivity contribution in [1.82, 2.24) is 5.32 Å². The van der Waals surface area contributed by atoms with Crippen LogP contribution in [0.2, 0.25) is 0 Å². The lowest BCUT2D eigenvalue weighted by molar-refractivity contribution is -0.122. The van der Waals surface area contributed by atoms with E-state index in [9.17, 15) is 4.79 Å². The summed E-state index contributed by atoms with van der Waals surface area (Å²) < 4.78 is 0. The fourth-order valence-electron chi connectivity index (χ4n) is 1.40. The second kappa shape index (κ2) is 6.98. The van der Waals surface area contributed by atoms with Gasteiger partial charge in [-0.25, -0.2) is 0 Å². The molecule has 0 saturated carbocycles. The summed E-state index contributed by atoms with van der Waals surface area (Å²) in [5.74, 6) is -0.136. The Morgan fingerprint density at radius 1 is 1.25 bits per heavy atom. The predicted molar refractivity (Wildman–Crippen MR) is 64.7 cm³/mol. The highest BCUT2D eigenvalue weighted by Gasteiger charge is 2.13. The number of benzene rings is 1. The van der Waals surface area contributed by atoms with Crippen LogP contribution in [0.3, 0.4) is 0 Å². The molecule has 1 aromatic carbocycles. The summed E-state index contributed by atoms with van der Waals surface area (Å²) in [6.07, 6.45) is 1.81. The Kier molecular flexibility index (Phi) is 5.53. The molecule has 0 heterocycles. The minimum Gasteiger partial charge on any atom is -0.354 e. The monoisotopic (exact) mass is 221 g/mol. The third-order valence-electron chi connectivity index (χ3n) is 2.37. The van der Waals surface area contributed by atoms with E-state index >= 15 is 0 Å². The van der Waals surface area contributed by atoms with Crippen LogP contribution in [0.1, 0.15) is 24.4 Å². The molecular weight excluding hydrogens is 202 g/mol. The molecule has 0 unspecified atom stereocenters. The zero-order valence-electron chi connectivity index (χ0n) is 9.36. The molecule has 4 nitrogen and oxygen atoms in total. The zero-order valence-corrected chi connectivity index (χ0v) is 9.36. The van der Waals surface area contributed by atoms with E-state index in [0.29, 0.717) is 13.1 Å². The molecule has 1 rings (SSSR count). The number of rotatable bonds is 6. The Labute approximate surface area is 96.0 Å². The highest BCUT2D eigenvalue weighted by atomic mass is 16.2. The van der Waals surface area contributed by atoms with Crippen molar-refractivity contribution in [2.24, 2.45) is 11.5 Å². The first-order chi connectivity index (χ1) is 7.75. The molecule has 4 heteroatoms. The van der Waals surface area contributed by atoms with Gasteiger partial charge >= 0.3 is 0 Å². The van der Waals surface area contributed by atoms with Gasteiger partial charge in [0, 0.05) is 6.54 Å². The van der Waals surface area contributed by atoms with E-state index < -0.39 is 6.04 Å². The first-order valence-electron chi connectivity index (χ1n) is 5.54. The van der Waals surface area contributed by atoms with Crippen molar-refractivity contribution in [1.29, 1.82) is 0 Å². The van der Waals surface area contributed by atoms with Crippen LogP contribution in [0.5, 0.6) is 0 Å². The Morgan fingerprint density at radius 3 is 2.56 bits per heavy atom. The van der Waals surface area contributed by atoms with Gasteiger partial charge in [-0.3, -0.25) is 4.79 Å². The van der Waals surface area contributed by atoms with Crippen LogP contribution in [-0.2, 0) is 4.79 Å². The molecule has 0 saturated heterocycles. The lowest BCUT2D eigenvalue weighted by atomic mass is 10.1. The molecule has 0 spiro atoms. The molecule has 0 bridgehead atoms. The molecule has 0 radical (unpaired) electrons. The third kappa shape index (κ3) is 4.00. The standard InChI is InChI=1S/C12H19N3O/c13-8-4-5-9-15-12(16)11(14)10-6-2-1-3-7-10/h1-3,6-7,11H,4-5,8-9,13-14H2,(H,15,16)/t11-/m0/s1. The first kappa shape index (κ1) is 12.7. The number of carbonyl (C=O) groups is 1. The van der Waals surface area contributed by atoms with Crippen molar-refractivity contribution in [2.45, 2.75) is 18.9 Å². The minimum atomic E-state index is -0.584. The van der Waals surface area contributed by atoms with Gasteiger partial charge in [0.1, 0.15) is 6.04 Å². The third-order valence-corrected chi connectivity index (χ3v) is 2.37. The molecule has 0 aliphatic rings. The summed E-state index contributed by atoms with van der Waals surface area (Å²) in [6.45, 7) is 1.29. The topological polar surface area (TPSA) is 81.1 Å². The van der Waals surface area contributed by atoms with E-state index in [1.54, 1.807) is 0 Å². The average Bonchev–Trinajstić information content (AvgIpc) is 2.34. The van der Waals surface area contributed by atoms with Crippen molar-refractivity contribution < 1.29 is 4.79 Å². The van der Waals surface area contributed by atoms with E-state index in [1.165, 1.54) is 0 Å². The summed E-state index contributed by atoms with van der Waals surface area (Å²) in [4.78, 5) is 11.6. The largest absolute Gasteiger partial charge is 0.354 e. The van der Waals surface area contributed by atoms with Crippen LogP contribution in [0, 0.1) is 0 Å². The van der Waals surface area contributed by atoms with Crippen LogP contribution in [0.4, 0.5) is 0 Å². The number of amides is 1. The summed E-state index contributed by atoms with van der Waals surface area (Å²) in [7, 11) is 0. The number of carbonyl (C=O) groups excluding carboxylic acids is 1. The van der Waals surface area contributed by atoms with Crippen molar-refractivity contribution in [2.75, 3.05) is 13.1 Å². The van der Waals surface area contributed by atoms with Gasteiger partial charge in [0.2, 0.25) is 5.91 Å². The van der Waals surface area contributed by atoms with Crippen LogP contribution in [-0.4, -0.2) is 19.0 Å². The molecule has 1 atom stereocenters. The number of nitrogens with two attached hydrogens (primary N) is 2. The molecule has 0 aliphatic carbocycles. The fourth-order valence-corrected chi connectivity index (χ4v) is 1.40. The molecule has 1 amide bonds. The smallest absolute Gasteiger partial charge is 0.241 e. The van der Waals surface area contributed by atoms with E-state index in [-0.39, 0.29) is 5.91 Å². The van der Waals surface area contributed by atoms with Crippen molar-refractivity contribution in [3.05, 3.63) is 35.9 Å². The summed E-state index contributed by atoms with van der Waals surface area (Å²) >= 11 is 0. The molecule has 1 aromatic rings. The number of unbranched alkanes of at least 4 members (excludes halogenated alkanes) is 1. The van der Waals surface area contributed by atoms with E-state index in [4.69, 9.17) is 11.5 Å². The lowest BCUT2D eigenvalue weighted by Crippen LogP contribution is -2.34. The van der Waals surface area contributed by atoms with Crippen molar-refractivity contribution in [3.8, 4) is 0 Å². The minimum absolute atomic E-state index is 0.136. The van der Waals surface area contributed by atoms with Gasteiger partial charge in [-0.05, 0) is 24.9 Å². The molecule has 0 aliphatic heterocycles. The number of nitrogens with one attached hydrogen (secondary N) is 1. The molecule has 0 aromatic heterocycles. The normalized spacial score (nSPS) is 12.1. The Bertz CT molecular complexity index is 313. The lowest BCUT2D eigenvalue weighted by Gasteiger charge is -2.12. The Morgan fingerprint density at radius 2 is 1.94 bits per heavy atom.